The lowest BCUT2D eigenvalue weighted by molar-refractivity contribution is 0.249. The lowest BCUT2D eigenvalue weighted by atomic mass is 10.6. The Kier molecular flexibility index (Phi) is 4.09. The van der Waals surface area contributed by atoms with Gasteiger partial charge >= 0.3 is 8.56 Å². The summed E-state index contributed by atoms with van der Waals surface area (Å²) < 4.78 is 5.16. The zero-order valence-corrected chi connectivity index (χ0v) is 7.48. The molecule has 9 heavy (non-hydrogen) atoms. The average Bonchev–Trinajstić information content (AvgIpc) is 1.64. The highest BCUT2D eigenvalue weighted by atomic mass is 28.4. The maximum absolute atomic E-state index is 9.43. The SMILES string of the molecule is CCC[Si](C)(O)OCC. The molecule has 1 atom stereocenters. The van der Waals surface area contributed by atoms with Crippen molar-refractivity contribution in [3.05, 3.63) is 0 Å². The zero-order valence-electron chi connectivity index (χ0n) is 6.48. The standard InChI is InChI=1S/C6H16O2Si/c1-4-6-9(3,7)8-5-2/h7H,4-6H2,1-3H3. The van der Waals surface area contributed by atoms with Crippen LogP contribution in [0.3, 0.4) is 0 Å². The molecule has 2 nitrogen and oxygen atoms in total. The molecule has 0 aliphatic heterocycles. The second kappa shape index (κ2) is 4.03. The highest BCUT2D eigenvalue weighted by Gasteiger charge is 2.23. The summed E-state index contributed by atoms with van der Waals surface area (Å²) in [7, 11) is -2.20. The minimum atomic E-state index is -2.20. The monoisotopic (exact) mass is 148 g/mol. The van der Waals surface area contributed by atoms with Crippen molar-refractivity contribution in [3.63, 3.8) is 0 Å². The summed E-state index contributed by atoms with van der Waals surface area (Å²) in [6.45, 7) is 6.44. The fourth-order valence-electron chi connectivity index (χ4n) is 0.847. The van der Waals surface area contributed by atoms with Gasteiger partial charge in [-0.1, -0.05) is 13.3 Å². The van der Waals surface area contributed by atoms with Crippen LogP contribution in [0.5, 0.6) is 0 Å². The Morgan fingerprint density at radius 1 is 1.44 bits per heavy atom. The van der Waals surface area contributed by atoms with Crippen molar-refractivity contribution in [2.24, 2.45) is 0 Å². The van der Waals surface area contributed by atoms with E-state index in [0.717, 1.165) is 12.5 Å². The van der Waals surface area contributed by atoms with Crippen LogP contribution in [0.2, 0.25) is 12.6 Å². The van der Waals surface area contributed by atoms with Crippen molar-refractivity contribution >= 4 is 8.56 Å². The third-order valence-electron chi connectivity index (χ3n) is 1.17. The first-order valence-corrected chi connectivity index (χ1v) is 6.05. The summed E-state index contributed by atoms with van der Waals surface area (Å²) in [6.07, 6.45) is 1.01. The normalized spacial score (nSPS) is 17.3. The fraction of sp³-hybridized carbons (Fsp3) is 1.00. The molecule has 0 aromatic heterocycles. The molecule has 0 saturated carbocycles. The molecule has 0 heterocycles. The molecule has 1 unspecified atom stereocenters. The third kappa shape index (κ3) is 4.63. The van der Waals surface area contributed by atoms with E-state index in [1.54, 1.807) is 0 Å². The Morgan fingerprint density at radius 2 is 2.00 bits per heavy atom. The first-order valence-electron chi connectivity index (χ1n) is 3.48. The van der Waals surface area contributed by atoms with Gasteiger partial charge in [-0.25, -0.2) is 0 Å². The quantitative estimate of drug-likeness (QED) is 0.612. The van der Waals surface area contributed by atoms with Gasteiger partial charge < -0.3 is 9.22 Å². The van der Waals surface area contributed by atoms with Gasteiger partial charge in [-0.05, 0) is 19.5 Å². The van der Waals surface area contributed by atoms with Crippen molar-refractivity contribution in [3.8, 4) is 0 Å². The van der Waals surface area contributed by atoms with Gasteiger partial charge in [-0.15, -0.1) is 0 Å². The summed E-state index contributed by atoms with van der Waals surface area (Å²) in [4.78, 5) is 9.43. The average molecular weight is 148 g/mol. The van der Waals surface area contributed by atoms with Gasteiger partial charge in [0, 0.05) is 6.61 Å². The predicted molar refractivity (Wildman–Crippen MR) is 40.6 cm³/mol. The van der Waals surface area contributed by atoms with E-state index in [2.05, 4.69) is 6.92 Å². The van der Waals surface area contributed by atoms with E-state index in [0.29, 0.717) is 6.61 Å². The molecule has 0 fully saturated rings. The fourth-order valence-corrected chi connectivity index (χ4v) is 2.54. The molecule has 0 aliphatic rings. The van der Waals surface area contributed by atoms with E-state index in [4.69, 9.17) is 4.43 Å². The second-order valence-electron chi connectivity index (χ2n) is 2.36. The molecular weight excluding hydrogens is 132 g/mol. The first-order chi connectivity index (χ1) is 4.12. The molecule has 0 bridgehead atoms. The van der Waals surface area contributed by atoms with Crippen LogP contribution in [-0.2, 0) is 4.43 Å². The lowest BCUT2D eigenvalue weighted by Crippen LogP contribution is -2.33. The molecule has 3 heteroatoms. The van der Waals surface area contributed by atoms with Gasteiger partial charge in [0.15, 0.2) is 0 Å². The maximum Gasteiger partial charge on any atom is 0.332 e. The lowest BCUT2D eigenvalue weighted by Gasteiger charge is -2.17. The van der Waals surface area contributed by atoms with Crippen molar-refractivity contribution < 1.29 is 9.22 Å². The smallest absolute Gasteiger partial charge is 0.332 e. The molecule has 1 N–H and O–H groups in total. The van der Waals surface area contributed by atoms with Crippen LogP contribution in [0, 0.1) is 0 Å². The van der Waals surface area contributed by atoms with Crippen LogP contribution in [0.4, 0.5) is 0 Å². The Hall–Kier alpha value is 0.137. The van der Waals surface area contributed by atoms with Gasteiger partial charge in [0.05, 0.1) is 0 Å². The van der Waals surface area contributed by atoms with Crippen molar-refractivity contribution in [1.29, 1.82) is 0 Å². The third-order valence-corrected chi connectivity index (χ3v) is 3.51. The highest BCUT2D eigenvalue weighted by Crippen LogP contribution is 2.08. The van der Waals surface area contributed by atoms with Crippen molar-refractivity contribution in [1.82, 2.24) is 0 Å². The Morgan fingerprint density at radius 3 is 2.33 bits per heavy atom. The van der Waals surface area contributed by atoms with E-state index in [-0.39, 0.29) is 0 Å². The molecule has 0 aromatic carbocycles. The topological polar surface area (TPSA) is 29.5 Å². The molecule has 56 valence electrons. The summed E-state index contributed by atoms with van der Waals surface area (Å²) in [5.41, 5.74) is 0. The van der Waals surface area contributed by atoms with Gasteiger partial charge in [-0.2, -0.15) is 0 Å². The van der Waals surface area contributed by atoms with Crippen LogP contribution in [0.25, 0.3) is 0 Å². The number of hydrogen-bond donors (Lipinski definition) is 1. The van der Waals surface area contributed by atoms with Crippen LogP contribution in [0.15, 0.2) is 0 Å². The summed E-state index contributed by atoms with van der Waals surface area (Å²) >= 11 is 0. The van der Waals surface area contributed by atoms with Crippen LogP contribution in [0.1, 0.15) is 20.3 Å². The number of hydrogen-bond acceptors (Lipinski definition) is 2. The molecule has 0 aliphatic carbocycles. The van der Waals surface area contributed by atoms with Gasteiger partial charge in [0.1, 0.15) is 0 Å². The molecule has 0 spiro atoms. The largest absolute Gasteiger partial charge is 0.411 e. The minimum Gasteiger partial charge on any atom is -0.411 e. The Bertz CT molecular complexity index is 65.5. The van der Waals surface area contributed by atoms with E-state index < -0.39 is 8.56 Å². The molecule has 0 rings (SSSR count). The summed E-state index contributed by atoms with van der Waals surface area (Å²) in [6, 6.07) is 0.848. The predicted octanol–water partition coefficient (Wildman–Crippen LogP) is 1.50. The van der Waals surface area contributed by atoms with Crippen LogP contribution >= 0.6 is 0 Å². The van der Waals surface area contributed by atoms with Crippen molar-refractivity contribution in [2.75, 3.05) is 6.61 Å². The van der Waals surface area contributed by atoms with Crippen LogP contribution in [-0.4, -0.2) is 20.0 Å². The Labute approximate surface area is 58.1 Å². The van der Waals surface area contributed by atoms with E-state index >= 15 is 0 Å². The highest BCUT2D eigenvalue weighted by molar-refractivity contribution is 6.64. The Balaban J connectivity index is 3.43. The molecule has 0 saturated heterocycles. The van der Waals surface area contributed by atoms with Gasteiger partial charge in [0.2, 0.25) is 0 Å². The maximum atomic E-state index is 9.43. The minimum absolute atomic E-state index is 0.638. The van der Waals surface area contributed by atoms with Gasteiger partial charge in [0.25, 0.3) is 0 Å². The van der Waals surface area contributed by atoms with E-state index in [1.165, 1.54) is 0 Å². The molecular formula is C6H16O2Si. The van der Waals surface area contributed by atoms with E-state index in [9.17, 15) is 4.80 Å². The van der Waals surface area contributed by atoms with Crippen molar-refractivity contribution in [2.45, 2.75) is 32.9 Å². The second-order valence-corrected chi connectivity index (χ2v) is 5.50. The number of rotatable bonds is 4. The molecule has 0 amide bonds. The first kappa shape index (κ1) is 9.14. The summed E-state index contributed by atoms with van der Waals surface area (Å²) in [5.74, 6) is 0. The molecule has 0 aromatic rings. The zero-order chi connectivity index (χ0) is 7.33. The van der Waals surface area contributed by atoms with Gasteiger partial charge in [-0.3, -0.25) is 0 Å². The van der Waals surface area contributed by atoms with E-state index in [1.807, 2.05) is 13.5 Å². The van der Waals surface area contributed by atoms with Crippen LogP contribution < -0.4 is 0 Å². The molecule has 0 radical (unpaired) electrons. The summed E-state index contributed by atoms with van der Waals surface area (Å²) in [5, 5.41) is 0.